The molecule has 0 aliphatic heterocycles. The molecule has 4 nitrogen and oxygen atoms in total. The predicted molar refractivity (Wildman–Crippen MR) is 48.7 cm³/mol. The van der Waals surface area contributed by atoms with Crippen molar-refractivity contribution in [1.29, 1.82) is 1.43 Å². The van der Waals surface area contributed by atoms with Gasteiger partial charge in [-0.2, -0.15) is 8.42 Å². The van der Waals surface area contributed by atoms with E-state index in [1.807, 2.05) is 32.8 Å². The maximum atomic E-state index is 10.9. The lowest BCUT2D eigenvalue weighted by molar-refractivity contribution is 0.250. The topological polar surface area (TPSA) is 57.6 Å². The Labute approximate surface area is 75.8 Å². The SMILES string of the molecule is [2H]OS(=O)(=O)CC(C)C(C)N(C)C. The molecule has 5 heteroatoms. The number of hydrogen-bond donors (Lipinski definition) is 1. The van der Waals surface area contributed by atoms with Gasteiger partial charge >= 0.3 is 0 Å². The highest BCUT2D eigenvalue weighted by atomic mass is 32.2. The Bertz CT molecular complexity index is 240. The van der Waals surface area contributed by atoms with Crippen LogP contribution >= 0.6 is 0 Å². The first-order chi connectivity index (χ1) is 5.80. The minimum absolute atomic E-state index is 0.0506. The van der Waals surface area contributed by atoms with Crippen LogP contribution in [0.5, 0.6) is 0 Å². The second kappa shape index (κ2) is 4.20. The van der Waals surface area contributed by atoms with Crippen molar-refractivity contribution in [2.75, 3.05) is 19.8 Å². The normalized spacial score (nSPS) is 18.9. The number of rotatable bonds is 5. The summed E-state index contributed by atoms with van der Waals surface area (Å²) in [7, 11) is 0.111. The van der Waals surface area contributed by atoms with E-state index in [9.17, 15) is 8.42 Å². The molecule has 12 heavy (non-hydrogen) atoms. The van der Waals surface area contributed by atoms with Gasteiger partial charge in [-0.15, -0.1) is 0 Å². The van der Waals surface area contributed by atoms with Gasteiger partial charge in [0.1, 0.15) is 0 Å². The molecule has 74 valence electrons. The average molecular weight is 196 g/mol. The third kappa shape index (κ3) is 4.69. The molecule has 0 aliphatic carbocycles. The zero-order valence-electron chi connectivity index (χ0n) is 8.94. The van der Waals surface area contributed by atoms with Gasteiger partial charge in [-0.3, -0.25) is 4.56 Å². The van der Waals surface area contributed by atoms with Crippen LogP contribution in [-0.4, -0.2) is 43.8 Å². The Balaban J connectivity index is 4.23. The Kier molecular flexibility index (Phi) is 3.49. The second-order valence-corrected chi connectivity index (χ2v) is 4.85. The van der Waals surface area contributed by atoms with Crippen molar-refractivity contribution >= 4 is 10.1 Å². The maximum absolute atomic E-state index is 10.9. The zero-order valence-corrected chi connectivity index (χ0v) is 8.76. The first kappa shape index (κ1) is 9.95. The molecular formula is C7H17NO3S. The standard InChI is InChI=1S/C7H17NO3S/c1-6(5-12(9,10)11)7(2)8(3)4/h6-7H,5H2,1-4H3,(H,9,10,11)/i/hD. The Morgan fingerprint density at radius 2 is 2.00 bits per heavy atom. The summed E-state index contributed by atoms with van der Waals surface area (Å²) in [6, 6.07) is 0.143. The quantitative estimate of drug-likeness (QED) is 0.649. The van der Waals surface area contributed by atoms with Crippen molar-refractivity contribution in [3.8, 4) is 0 Å². The fourth-order valence-electron chi connectivity index (χ4n) is 0.970. The molecular weight excluding hydrogens is 178 g/mol. The van der Waals surface area contributed by atoms with Crippen molar-refractivity contribution < 1.29 is 13.0 Å². The van der Waals surface area contributed by atoms with Crippen LogP contribution in [0.1, 0.15) is 13.8 Å². The fraction of sp³-hybridized carbons (Fsp3) is 1.00. The Hall–Kier alpha value is -0.130. The van der Waals surface area contributed by atoms with Crippen LogP contribution in [0.15, 0.2) is 0 Å². The van der Waals surface area contributed by atoms with Gasteiger partial charge in [0.05, 0.1) is 5.75 Å². The van der Waals surface area contributed by atoms with Gasteiger partial charge in [-0.1, -0.05) is 6.92 Å². The zero-order chi connectivity index (χ0) is 10.6. The number of nitrogens with zero attached hydrogens (tertiary/aromatic N) is 1. The van der Waals surface area contributed by atoms with E-state index < -0.39 is 10.1 Å². The fourth-order valence-corrected chi connectivity index (χ4v) is 1.89. The Morgan fingerprint density at radius 1 is 1.50 bits per heavy atom. The van der Waals surface area contributed by atoms with Crippen LogP contribution < -0.4 is 0 Å². The lowest BCUT2D eigenvalue weighted by Gasteiger charge is -2.25. The third-order valence-corrected chi connectivity index (χ3v) is 3.04. The highest BCUT2D eigenvalue weighted by Gasteiger charge is 2.19. The van der Waals surface area contributed by atoms with Gasteiger partial charge in [-0.05, 0) is 26.9 Å². The van der Waals surface area contributed by atoms with Crippen LogP contribution in [-0.2, 0) is 10.1 Å². The first-order valence-electron chi connectivity index (χ1n) is 4.25. The van der Waals surface area contributed by atoms with E-state index >= 15 is 0 Å². The minimum Gasteiger partial charge on any atom is -0.306 e. The summed E-state index contributed by atoms with van der Waals surface area (Å²) < 4.78 is 31.8. The van der Waals surface area contributed by atoms with E-state index in [1.165, 1.54) is 0 Å². The van der Waals surface area contributed by atoms with E-state index in [0.717, 1.165) is 0 Å². The molecule has 0 radical (unpaired) electrons. The Morgan fingerprint density at radius 3 is 2.33 bits per heavy atom. The van der Waals surface area contributed by atoms with Crippen molar-refractivity contribution in [3.05, 3.63) is 0 Å². The molecule has 0 heterocycles. The molecule has 0 aliphatic rings. The molecule has 0 aromatic heterocycles. The predicted octanol–water partition coefficient (Wildman–Crippen LogP) is 0.460. The lowest BCUT2D eigenvalue weighted by Crippen LogP contribution is -2.34. The van der Waals surface area contributed by atoms with Crippen molar-refractivity contribution in [2.24, 2.45) is 5.92 Å². The van der Waals surface area contributed by atoms with Gasteiger partial charge in [0.2, 0.25) is 1.43 Å². The highest BCUT2D eigenvalue weighted by Crippen LogP contribution is 2.09. The van der Waals surface area contributed by atoms with Crippen LogP contribution in [0, 0.1) is 5.92 Å². The van der Waals surface area contributed by atoms with Gasteiger partial charge in [-0.25, -0.2) is 0 Å². The van der Waals surface area contributed by atoms with Gasteiger partial charge in [0.15, 0.2) is 0 Å². The molecule has 2 atom stereocenters. The van der Waals surface area contributed by atoms with Crippen LogP contribution in [0.2, 0.25) is 0 Å². The van der Waals surface area contributed by atoms with E-state index in [4.69, 9.17) is 1.43 Å². The first-order valence-corrected chi connectivity index (χ1v) is 5.41. The molecule has 0 spiro atoms. The van der Waals surface area contributed by atoms with Gasteiger partial charge < -0.3 is 4.90 Å². The largest absolute Gasteiger partial charge is 0.306 e. The summed E-state index contributed by atoms with van der Waals surface area (Å²) in [5.74, 6) is -0.166. The summed E-state index contributed by atoms with van der Waals surface area (Å²) in [6.07, 6.45) is 0. The maximum Gasteiger partial charge on any atom is 0.265 e. The smallest absolute Gasteiger partial charge is 0.265 e. The molecule has 0 saturated heterocycles. The minimum atomic E-state index is -3.66. The van der Waals surface area contributed by atoms with E-state index in [1.54, 1.807) is 0 Å². The van der Waals surface area contributed by atoms with E-state index in [-0.39, 0.29) is 17.7 Å². The summed E-state index contributed by atoms with van der Waals surface area (Å²) >= 11 is 0. The second-order valence-electron chi connectivity index (χ2n) is 3.41. The average Bonchev–Trinajstić information content (AvgIpc) is 2.02. The summed E-state index contributed by atoms with van der Waals surface area (Å²) in [6.45, 7) is 3.76. The molecule has 0 bridgehead atoms. The molecule has 2 unspecified atom stereocenters. The summed E-state index contributed by atoms with van der Waals surface area (Å²) in [4.78, 5) is 1.93. The molecule has 0 saturated carbocycles. The molecule has 0 rings (SSSR count). The van der Waals surface area contributed by atoms with Crippen LogP contribution in [0.3, 0.4) is 0 Å². The highest BCUT2D eigenvalue weighted by molar-refractivity contribution is 7.85. The molecule has 0 aromatic rings. The third-order valence-electron chi connectivity index (χ3n) is 2.11. The van der Waals surface area contributed by atoms with Crippen molar-refractivity contribution in [3.63, 3.8) is 0 Å². The van der Waals surface area contributed by atoms with Crippen molar-refractivity contribution in [1.82, 2.24) is 4.90 Å². The monoisotopic (exact) mass is 196 g/mol. The molecule has 0 amide bonds. The summed E-state index contributed by atoms with van der Waals surface area (Å²) in [5.41, 5.74) is 0. The van der Waals surface area contributed by atoms with Crippen molar-refractivity contribution in [2.45, 2.75) is 19.9 Å². The van der Waals surface area contributed by atoms with Crippen LogP contribution in [0.4, 0.5) is 0 Å². The van der Waals surface area contributed by atoms with Crippen LogP contribution in [0.25, 0.3) is 1.43 Å². The van der Waals surface area contributed by atoms with Gasteiger partial charge in [0.25, 0.3) is 10.1 Å². The molecule has 0 fully saturated rings. The number of hydrogen-bond acceptors (Lipinski definition) is 4. The summed E-state index contributed by atoms with van der Waals surface area (Å²) in [5, 5.41) is 0. The van der Waals surface area contributed by atoms with Gasteiger partial charge in [0, 0.05) is 6.04 Å². The lowest BCUT2D eigenvalue weighted by atomic mass is 10.1. The van der Waals surface area contributed by atoms with E-state index in [2.05, 4.69) is 4.56 Å². The molecule has 0 aromatic carbocycles. The van der Waals surface area contributed by atoms with E-state index in [0.29, 0.717) is 0 Å². The molecule has 1 N–H and O–H groups in total.